The van der Waals surface area contributed by atoms with Gasteiger partial charge in [-0.1, -0.05) is 0 Å². The SMILES string of the molecule is C[I-]c1ccnc2cc(Cl)ccc12. The van der Waals surface area contributed by atoms with Crippen LogP contribution < -0.4 is 21.2 Å². The molecule has 0 radical (unpaired) electrons. The van der Waals surface area contributed by atoms with E-state index in [0.717, 1.165) is 10.5 Å². The van der Waals surface area contributed by atoms with E-state index in [9.17, 15) is 0 Å². The van der Waals surface area contributed by atoms with Crippen molar-refractivity contribution in [3.05, 3.63) is 39.1 Å². The summed E-state index contributed by atoms with van der Waals surface area (Å²) in [5.41, 5.74) is 1.01. The molecule has 13 heavy (non-hydrogen) atoms. The van der Waals surface area contributed by atoms with Crippen molar-refractivity contribution in [2.45, 2.75) is 0 Å². The molecule has 0 aliphatic carbocycles. The van der Waals surface area contributed by atoms with Gasteiger partial charge in [0.1, 0.15) is 0 Å². The third-order valence-electron chi connectivity index (χ3n) is 1.86. The molecule has 0 amide bonds. The van der Waals surface area contributed by atoms with E-state index in [0.29, 0.717) is 0 Å². The van der Waals surface area contributed by atoms with E-state index in [1.807, 2.05) is 18.3 Å². The first-order valence-electron chi connectivity index (χ1n) is 3.85. The molecule has 0 unspecified atom stereocenters. The third kappa shape index (κ3) is 1.79. The summed E-state index contributed by atoms with van der Waals surface area (Å²) in [4.78, 5) is 6.54. The summed E-state index contributed by atoms with van der Waals surface area (Å²) in [6.07, 6.45) is 1.86. The average Bonchev–Trinajstić information content (AvgIpc) is 2.16. The number of alkyl halides is 1. The molecule has 0 bridgehead atoms. The number of rotatable bonds is 1. The molecular weight excluding hydrogens is 296 g/mol. The molecule has 0 saturated carbocycles. The second kappa shape index (κ2) is 3.80. The molecule has 0 fully saturated rings. The van der Waals surface area contributed by atoms with Gasteiger partial charge in [0.2, 0.25) is 0 Å². The van der Waals surface area contributed by atoms with Gasteiger partial charge in [-0.25, -0.2) is 0 Å². The van der Waals surface area contributed by atoms with E-state index in [-0.39, 0.29) is 21.2 Å². The van der Waals surface area contributed by atoms with Crippen molar-refractivity contribution in [2.75, 3.05) is 4.93 Å². The van der Waals surface area contributed by atoms with Crippen molar-refractivity contribution in [3.63, 3.8) is 0 Å². The standard InChI is InChI=1S/C10H8ClIN/c1-12-9-4-5-13-10-6-7(11)2-3-8(9)10/h2-6H,1H3/q-1. The molecule has 2 rings (SSSR count). The number of aromatic nitrogens is 1. The first kappa shape index (κ1) is 9.21. The maximum atomic E-state index is 5.88. The van der Waals surface area contributed by atoms with Gasteiger partial charge >= 0.3 is 92.7 Å². The summed E-state index contributed by atoms with van der Waals surface area (Å²) < 4.78 is 1.43. The van der Waals surface area contributed by atoms with Crippen LogP contribution in [-0.2, 0) is 0 Å². The quantitative estimate of drug-likeness (QED) is 0.524. The Hall–Kier alpha value is -0.350. The Morgan fingerprint density at radius 1 is 1.31 bits per heavy atom. The fourth-order valence-corrected chi connectivity index (χ4v) is 2.98. The molecule has 1 aromatic carbocycles. The van der Waals surface area contributed by atoms with Gasteiger partial charge in [0.05, 0.1) is 0 Å². The van der Waals surface area contributed by atoms with Gasteiger partial charge < -0.3 is 0 Å². The molecule has 0 saturated heterocycles. The van der Waals surface area contributed by atoms with Gasteiger partial charge in [-0.2, -0.15) is 0 Å². The Balaban J connectivity index is 2.77. The molecule has 0 atom stereocenters. The second-order valence-corrected chi connectivity index (χ2v) is 5.32. The van der Waals surface area contributed by atoms with Gasteiger partial charge in [-0.05, 0) is 0 Å². The first-order chi connectivity index (χ1) is 6.31. The average molecular weight is 305 g/mol. The number of nitrogens with zero attached hydrogens (tertiary/aromatic N) is 1. The summed E-state index contributed by atoms with van der Waals surface area (Å²) in [5.74, 6) is 0. The normalized spacial score (nSPS) is 10.9. The van der Waals surface area contributed by atoms with E-state index >= 15 is 0 Å². The first-order valence-corrected chi connectivity index (χ1v) is 7.46. The molecule has 1 aromatic heterocycles. The van der Waals surface area contributed by atoms with Crippen LogP contribution in [-0.4, -0.2) is 9.91 Å². The Morgan fingerprint density at radius 3 is 2.92 bits per heavy atom. The second-order valence-electron chi connectivity index (χ2n) is 2.64. The number of benzene rings is 1. The molecule has 3 heteroatoms. The van der Waals surface area contributed by atoms with Crippen LogP contribution in [0.5, 0.6) is 0 Å². The minimum absolute atomic E-state index is 0.114. The van der Waals surface area contributed by atoms with Gasteiger partial charge in [-0.3, -0.25) is 0 Å². The van der Waals surface area contributed by atoms with Crippen LogP contribution in [0.25, 0.3) is 10.9 Å². The van der Waals surface area contributed by atoms with Gasteiger partial charge in [-0.15, -0.1) is 0 Å². The van der Waals surface area contributed by atoms with Crippen molar-refractivity contribution in [1.29, 1.82) is 0 Å². The molecule has 0 spiro atoms. The Bertz CT molecular complexity index is 442. The third-order valence-corrected chi connectivity index (χ3v) is 4.19. The fraction of sp³-hybridized carbons (Fsp3) is 0.100. The van der Waals surface area contributed by atoms with Crippen LogP contribution in [0, 0.1) is 3.57 Å². The predicted molar refractivity (Wildman–Crippen MR) is 51.4 cm³/mol. The van der Waals surface area contributed by atoms with Gasteiger partial charge in [0.15, 0.2) is 0 Å². The number of hydrogen-bond donors (Lipinski definition) is 0. The number of halogens is 2. The van der Waals surface area contributed by atoms with Crippen LogP contribution in [0.4, 0.5) is 0 Å². The number of pyridine rings is 1. The Kier molecular flexibility index (Phi) is 2.69. The van der Waals surface area contributed by atoms with Crippen LogP contribution in [0.3, 0.4) is 0 Å². The van der Waals surface area contributed by atoms with Crippen LogP contribution >= 0.6 is 11.6 Å². The van der Waals surface area contributed by atoms with Crippen molar-refractivity contribution >= 4 is 22.5 Å². The number of fused-ring (bicyclic) bond motifs is 1. The molecule has 0 aliphatic heterocycles. The molecule has 1 heterocycles. The maximum absolute atomic E-state index is 5.88. The summed E-state index contributed by atoms with van der Waals surface area (Å²) in [6.45, 7) is 0. The van der Waals surface area contributed by atoms with E-state index in [2.05, 4.69) is 22.0 Å². The topological polar surface area (TPSA) is 12.9 Å². The molecule has 68 valence electrons. The van der Waals surface area contributed by atoms with Crippen LogP contribution in [0.15, 0.2) is 30.5 Å². The molecular formula is C10H8ClIN-. The molecule has 0 aliphatic rings. The molecule has 2 aromatic rings. The summed E-state index contributed by atoms with van der Waals surface area (Å²) in [7, 11) is 0. The zero-order valence-electron chi connectivity index (χ0n) is 7.09. The summed E-state index contributed by atoms with van der Waals surface area (Å²) in [6, 6.07) is 8.00. The number of hydrogen-bond acceptors (Lipinski definition) is 1. The molecule has 1 nitrogen and oxygen atoms in total. The van der Waals surface area contributed by atoms with E-state index in [1.165, 1.54) is 8.96 Å². The van der Waals surface area contributed by atoms with E-state index in [4.69, 9.17) is 11.6 Å². The van der Waals surface area contributed by atoms with E-state index < -0.39 is 0 Å². The zero-order valence-corrected chi connectivity index (χ0v) is 10.0. The van der Waals surface area contributed by atoms with E-state index in [1.54, 1.807) is 0 Å². The fourth-order valence-electron chi connectivity index (χ4n) is 1.25. The Labute approximate surface area is 92.4 Å². The molecule has 0 N–H and O–H groups in total. The Morgan fingerprint density at radius 2 is 2.15 bits per heavy atom. The van der Waals surface area contributed by atoms with Crippen molar-refractivity contribution in [3.8, 4) is 0 Å². The van der Waals surface area contributed by atoms with Crippen LogP contribution in [0.2, 0.25) is 5.02 Å². The monoisotopic (exact) mass is 304 g/mol. The summed E-state index contributed by atoms with van der Waals surface area (Å²) in [5, 5.41) is 2.01. The van der Waals surface area contributed by atoms with Gasteiger partial charge in [0.25, 0.3) is 0 Å². The summed E-state index contributed by atoms with van der Waals surface area (Å²) >= 11 is 6.00. The van der Waals surface area contributed by atoms with Crippen molar-refractivity contribution < 1.29 is 21.2 Å². The van der Waals surface area contributed by atoms with Crippen molar-refractivity contribution in [1.82, 2.24) is 4.98 Å². The minimum atomic E-state index is 0.114. The zero-order chi connectivity index (χ0) is 9.26. The van der Waals surface area contributed by atoms with Crippen molar-refractivity contribution in [2.24, 2.45) is 0 Å². The van der Waals surface area contributed by atoms with Gasteiger partial charge in [0, 0.05) is 0 Å². The van der Waals surface area contributed by atoms with Crippen LogP contribution in [0.1, 0.15) is 0 Å². The predicted octanol–water partition coefficient (Wildman–Crippen LogP) is -0.223.